The van der Waals surface area contributed by atoms with Gasteiger partial charge in [0.2, 0.25) is 5.91 Å². The Labute approximate surface area is 205 Å². The number of carbonyl (C=O) groups is 3. The Morgan fingerprint density at radius 1 is 0.771 bits per heavy atom. The molecule has 0 saturated heterocycles. The van der Waals surface area contributed by atoms with Crippen molar-refractivity contribution in [2.24, 2.45) is 11.8 Å². The number of hydrogen-bond acceptors (Lipinski definition) is 4. The monoisotopic (exact) mass is 476 g/mol. The molecule has 0 radical (unpaired) electrons. The third-order valence-electron chi connectivity index (χ3n) is 7.91. The van der Waals surface area contributed by atoms with Gasteiger partial charge in [-0.2, -0.15) is 0 Å². The predicted molar refractivity (Wildman–Crippen MR) is 131 cm³/mol. The zero-order valence-corrected chi connectivity index (χ0v) is 19.7. The van der Waals surface area contributed by atoms with Crippen LogP contribution in [0.1, 0.15) is 62.0 Å². The van der Waals surface area contributed by atoms with Gasteiger partial charge in [-0.15, -0.1) is 0 Å². The van der Waals surface area contributed by atoms with Gasteiger partial charge >= 0.3 is 12.1 Å². The van der Waals surface area contributed by atoms with Crippen molar-refractivity contribution in [3.05, 3.63) is 59.7 Å². The van der Waals surface area contributed by atoms with Crippen molar-refractivity contribution in [3.8, 4) is 11.1 Å². The molecule has 3 aliphatic carbocycles. The lowest BCUT2D eigenvalue weighted by Gasteiger charge is -2.31. The summed E-state index contributed by atoms with van der Waals surface area (Å²) in [6, 6.07) is 15.7. The summed E-state index contributed by atoms with van der Waals surface area (Å²) in [5.74, 6) is -1.94. The first-order valence-corrected chi connectivity index (χ1v) is 12.7. The number of nitrogens with one attached hydrogen (secondary N) is 2. The van der Waals surface area contributed by atoms with E-state index in [1.54, 1.807) is 0 Å². The minimum atomic E-state index is -0.852. The number of carboxylic acid groups (broad SMARTS) is 1. The topological polar surface area (TPSA) is 105 Å². The van der Waals surface area contributed by atoms with Crippen LogP contribution in [0.15, 0.2) is 48.5 Å². The Balaban J connectivity index is 1.19. The molecule has 7 nitrogen and oxygen atoms in total. The molecule has 2 unspecified atom stereocenters. The van der Waals surface area contributed by atoms with Crippen LogP contribution in [-0.2, 0) is 14.3 Å². The van der Waals surface area contributed by atoms with E-state index in [9.17, 15) is 19.5 Å². The number of fused-ring (bicyclic) bond motifs is 3. The lowest BCUT2D eigenvalue weighted by molar-refractivity contribution is -0.144. The predicted octanol–water partition coefficient (Wildman–Crippen LogP) is 4.45. The SMILES string of the molecule is O=C(NC1CCCC1C(=O)N[C@H]1CCCC[C@H]1C(=O)O)OCC1c2ccccc2-c2ccccc21. The molecule has 7 heteroatoms. The molecule has 0 heterocycles. The van der Waals surface area contributed by atoms with E-state index in [-0.39, 0.29) is 36.4 Å². The second-order valence-corrected chi connectivity index (χ2v) is 9.96. The molecule has 0 bridgehead atoms. The molecule has 0 spiro atoms. The zero-order chi connectivity index (χ0) is 24.4. The minimum absolute atomic E-state index is 0.0184. The lowest BCUT2D eigenvalue weighted by atomic mass is 9.84. The highest BCUT2D eigenvalue weighted by Crippen LogP contribution is 2.44. The number of hydrogen-bond donors (Lipinski definition) is 3. The molecular formula is C28H32N2O5. The molecule has 2 fully saturated rings. The van der Waals surface area contributed by atoms with E-state index in [1.807, 2.05) is 24.3 Å². The molecule has 0 aromatic heterocycles. The lowest BCUT2D eigenvalue weighted by Crippen LogP contribution is -2.50. The van der Waals surface area contributed by atoms with Crippen molar-refractivity contribution in [2.75, 3.05) is 6.61 Å². The van der Waals surface area contributed by atoms with Crippen LogP contribution < -0.4 is 10.6 Å². The Bertz CT molecular complexity index is 1070. The van der Waals surface area contributed by atoms with Gasteiger partial charge in [0.15, 0.2) is 0 Å². The Hall–Kier alpha value is -3.35. The molecule has 5 rings (SSSR count). The highest BCUT2D eigenvalue weighted by Gasteiger charge is 2.38. The molecule has 2 aromatic carbocycles. The van der Waals surface area contributed by atoms with Crippen LogP contribution in [0, 0.1) is 11.8 Å². The van der Waals surface area contributed by atoms with Crippen molar-refractivity contribution >= 4 is 18.0 Å². The third kappa shape index (κ3) is 4.77. The normalized spacial score (nSPS) is 25.4. The van der Waals surface area contributed by atoms with Crippen LogP contribution in [0.5, 0.6) is 0 Å². The van der Waals surface area contributed by atoms with Crippen LogP contribution >= 0.6 is 0 Å². The van der Waals surface area contributed by atoms with Crippen molar-refractivity contribution in [2.45, 2.75) is 62.9 Å². The molecule has 2 saturated carbocycles. The fraction of sp³-hybridized carbons (Fsp3) is 0.464. The fourth-order valence-electron chi connectivity index (χ4n) is 6.13. The summed E-state index contributed by atoms with van der Waals surface area (Å²) in [5, 5.41) is 15.4. The molecular weight excluding hydrogens is 444 g/mol. The average Bonchev–Trinajstić information content (AvgIpc) is 3.45. The van der Waals surface area contributed by atoms with Gasteiger partial charge in [0.1, 0.15) is 6.61 Å². The van der Waals surface area contributed by atoms with Crippen molar-refractivity contribution in [3.63, 3.8) is 0 Å². The van der Waals surface area contributed by atoms with E-state index in [0.29, 0.717) is 25.7 Å². The van der Waals surface area contributed by atoms with E-state index < -0.39 is 18.0 Å². The van der Waals surface area contributed by atoms with Crippen molar-refractivity contribution < 1.29 is 24.2 Å². The van der Waals surface area contributed by atoms with Crippen LogP contribution in [-0.4, -0.2) is 41.8 Å². The molecule has 0 aliphatic heterocycles. The Morgan fingerprint density at radius 2 is 1.34 bits per heavy atom. The van der Waals surface area contributed by atoms with E-state index in [1.165, 1.54) is 11.1 Å². The number of alkyl carbamates (subject to hydrolysis) is 1. The quantitative estimate of drug-likeness (QED) is 0.571. The molecule has 2 aromatic rings. The van der Waals surface area contributed by atoms with E-state index >= 15 is 0 Å². The number of benzene rings is 2. The number of aliphatic carboxylic acids is 1. The van der Waals surface area contributed by atoms with Gasteiger partial charge in [-0.3, -0.25) is 9.59 Å². The summed E-state index contributed by atoms with van der Waals surface area (Å²) >= 11 is 0. The van der Waals surface area contributed by atoms with Gasteiger partial charge in [-0.05, 0) is 47.9 Å². The van der Waals surface area contributed by atoms with Crippen LogP contribution in [0.2, 0.25) is 0 Å². The minimum Gasteiger partial charge on any atom is -0.481 e. The zero-order valence-electron chi connectivity index (χ0n) is 19.7. The van der Waals surface area contributed by atoms with Crippen molar-refractivity contribution in [1.82, 2.24) is 10.6 Å². The Morgan fingerprint density at radius 3 is 2.03 bits per heavy atom. The maximum atomic E-state index is 13.0. The van der Waals surface area contributed by atoms with Gasteiger partial charge in [0.05, 0.1) is 11.8 Å². The first-order valence-electron chi connectivity index (χ1n) is 12.7. The summed E-state index contributed by atoms with van der Waals surface area (Å²) < 4.78 is 5.67. The van der Waals surface area contributed by atoms with Gasteiger partial charge in [0.25, 0.3) is 0 Å². The first-order chi connectivity index (χ1) is 17.0. The number of ether oxygens (including phenoxy) is 1. The maximum absolute atomic E-state index is 13.0. The molecule has 2 amide bonds. The van der Waals surface area contributed by atoms with Gasteiger partial charge < -0.3 is 20.5 Å². The van der Waals surface area contributed by atoms with Crippen LogP contribution in [0.4, 0.5) is 4.79 Å². The van der Waals surface area contributed by atoms with E-state index in [2.05, 4.69) is 34.9 Å². The van der Waals surface area contributed by atoms with Gasteiger partial charge in [-0.1, -0.05) is 67.8 Å². The summed E-state index contributed by atoms with van der Waals surface area (Å²) in [5.41, 5.74) is 4.65. The van der Waals surface area contributed by atoms with Crippen LogP contribution in [0.25, 0.3) is 11.1 Å². The number of rotatable bonds is 6. The second kappa shape index (κ2) is 10.1. The first kappa shape index (κ1) is 23.4. The number of carbonyl (C=O) groups excluding carboxylic acids is 2. The molecule has 35 heavy (non-hydrogen) atoms. The Kier molecular flexibility index (Phi) is 6.75. The third-order valence-corrected chi connectivity index (χ3v) is 7.91. The smallest absolute Gasteiger partial charge is 0.407 e. The van der Waals surface area contributed by atoms with Gasteiger partial charge in [-0.25, -0.2) is 4.79 Å². The number of carboxylic acids is 1. The standard InChI is InChI=1S/C28H32N2O5/c31-26(29-25-14-6-5-12-22(25)27(32)33)21-13-7-15-24(21)30-28(34)35-16-23-19-10-3-1-8-17(19)18-9-2-4-11-20(18)23/h1-4,8-11,21-25H,5-7,12-16H2,(H,29,31)(H,30,34)(H,32,33)/t21?,22-,24?,25+/m1/s1. The second-order valence-electron chi connectivity index (χ2n) is 9.96. The fourth-order valence-corrected chi connectivity index (χ4v) is 6.13. The summed E-state index contributed by atoms with van der Waals surface area (Å²) in [4.78, 5) is 37.3. The van der Waals surface area contributed by atoms with E-state index in [4.69, 9.17) is 4.74 Å². The van der Waals surface area contributed by atoms with Crippen molar-refractivity contribution in [1.29, 1.82) is 0 Å². The molecule has 4 atom stereocenters. The summed E-state index contributed by atoms with van der Waals surface area (Å²) in [6.45, 7) is 0.228. The molecule has 3 N–H and O–H groups in total. The maximum Gasteiger partial charge on any atom is 0.407 e. The summed E-state index contributed by atoms with van der Waals surface area (Å²) in [6.07, 6.45) is 4.75. The van der Waals surface area contributed by atoms with E-state index in [0.717, 1.165) is 30.4 Å². The summed E-state index contributed by atoms with van der Waals surface area (Å²) in [7, 11) is 0. The number of amides is 2. The highest BCUT2D eigenvalue weighted by molar-refractivity contribution is 5.82. The molecule has 184 valence electrons. The average molecular weight is 477 g/mol. The largest absolute Gasteiger partial charge is 0.481 e. The van der Waals surface area contributed by atoms with Gasteiger partial charge in [0, 0.05) is 18.0 Å². The van der Waals surface area contributed by atoms with Crippen LogP contribution in [0.3, 0.4) is 0 Å². The highest BCUT2D eigenvalue weighted by atomic mass is 16.5. The molecule has 3 aliphatic rings.